The number of nitrogens with zero attached hydrogens (tertiary/aromatic N) is 4. The fourth-order valence-electron chi connectivity index (χ4n) is 3.78. The largest absolute Gasteiger partial charge is 0.377 e. The Kier molecular flexibility index (Phi) is 5.41. The number of carbonyl (C=O) groups excluding carboxylic acids is 1. The molecule has 1 aromatic carbocycles. The SMILES string of the molecule is CN1C(N)=N[C@]2(c3cc(CC(=O)c4cnc(C(F)F)cn4)ccc3F)COC[C@@H]2S1(=O)=O. The molecular weight excluding hydrogens is 451 g/mol. The minimum absolute atomic E-state index is 0.0657. The summed E-state index contributed by atoms with van der Waals surface area (Å²) in [6, 6.07) is 3.80. The lowest BCUT2D eigenvalue weighted by atomic mass is 9.87. The molecule has 1 saturated heterocycles. The number of aliphatic imine (C=N–C) groups is 1. The Labute approximate surface area is 181 Å². The summed E-state index contributed by atoms with van der Waals surface area (Å²) in [6.07, 6.45) is -1.30. The first-order valence-electron chi connectivity index (χ1n) is 9.39. The van der Waals surface area contributed by atoms with Gasteiger partial charge in [-0.15, -0.1) is 0 Å². The van der Waals surface area contributed by atoms with E-state index < -0.39 is 44.5 Å². The molecule has 170 valence electrons. The van der Waals surface area contributed by atoms with Crippen molar-refractivity contribution in [3.8, 4) is 0 Å². The molecule has 0 amide bonds. The number of benzene rings is 1. The van der Waals surface area contributed by atoms with Gasteiger partial charge in [-0.1, -0.05) is 6.07 Å². The zero-order chi connectivity index (χ0) is 23.3. The molecule has 32 heavy (non-hydrogen) atoms. The number of halogens is 3. The maximum atomic E-state index is 14.9. The van der Waals surface area contributed by atoms with Crippen LogP contribution in [0.15, 0.2) is 35.6 Å². The third-order valence-corrected chi connectivity index (χ3v) is 7.74. The van der Waals surface area contributed by atoms with Crippen LogP contribution in [0.25, 0.3) is 0 Å². The number of hydrogen-bond donors (Lipinski definition) is 1. The third kappa shape index (κ3) is 3.50. The highest BCUT2D eigenvalue weighted by Crippen LogP contribution is 2.43. The lowest BCUT2D eigenvalue weighted by Gasteiger charge is -2.38. The first-order chi connectivity index (χ1) is 15.1. The Morgan fingerprint density at radius 2 is 2.09 bits per heavy atom. The van der Waals surface area contributed by atoms with Gasteiger partial charge in [0, 0.05) is 19.0 Å². The van der Waals surface area contributed by atoms with Gasteiger partial charge in [-0.3, -0.25) is 9.78 Å². The molecule has 9 nitrogen and oxygen atoms in total. The Hall–Kier alpha value is -3.06. The first-order valence-corrected chi connectivity index (χ1v) is 10.9. The predicted octanol–water partition coefficient (Wildman–Crippen LogP) is 1.16. The maximum Gasteiger partial charge on any atom is 0.281 e. The summed E-state index contributed by atoms with van der Waals surface area (Å²) in [5.74, 6) is -1.57. The molecule has 2 aromatic rings. The predicted molar refractivity (Wildman–Crippen MR) is 106 cm³/mol. The smallest absolute Gasteiger partial charge is 0.281 e. The van der Waals surface area contributed by atoms with E-state index in [9.17, 15) is 26.4 Å². The summed E-state index contributed by atoms with van der Waals surface area (Å²) in [4.78, 5) is 24.0. The van der Waals surface area contributed by atoms with Gasteiger partial charge < -0.3 is 10.5 Å². The van der Waals surface area contributed by atoms with Crippen molar-refractivity contribution < 1.29 is 31.1 Å². The number of ketones is 1. The molecule has 0 radical (unpaired) electrons. The highest BCUT2D eigenvalue weighted by Gasteiger charge is 2.58. The summed E-state index contributed by atoms with van der Waals surface area (Å²) >= 11 is 0. The average Bonchev–Trinajstić information content (AvgIpc) is 3.19. The van der Waals surface area contributed by atoms with Gasteiger partial charge in [0.25, 0.3) is 6.43 Å². The number of sulfonamides is 1. The summed E-state index contributed by atoms with van der Waals surface area (Å²) in [5.41, 5.74) is 3.79. The molecule has 4 rings (SSSR count). The van der Waals surface area contributed by atoms with E-state index in [0.29, 0.717) is 5.56 Å². The van der Waals surface area contributed by atoms with E-state index in [1.807, 2.05) is 0 Å². The van der Waals surface area contributed by atoms with Crippen LogP contribution in [0.2, 0.25) is 0 Å². The monoisotopic (exact) mass is 469 g/mol. The number of guanidine groups is 1. The molecule has 1 aromatic heterocycles. The van der Waals surface area contributed by atoms with E-state index in [-0.39, 0.29) is 36.9 Å². The summed E-state index contributed by atoms with van der Waals surface area (Å²) in [5, 5.41) is -1.19. The second kappa shape index (κ2) is 7.81. The van der Waals surface area contributed by atoms with Crippen LogP contribution >= 0.6 is 0 Å². The second-order valence-corrected chi connectivity index (χ2v) is 9.60. The Morgan fingerprint density at radius 3 is 2.75 bits per heavy atom. The van der Waals surface area contributed by atoms with E-state index in [1.165, 1.54) is 19.2 Å². The number of aromatic nitrogens is 2. The number of nitrogens with two attached hydrogens (primary N) is 1. The number of ether oxygens (including phenoxy) is 1. The quantitative estimate of drug-likeness (QED) is 0.651. The van der Waals surface area contributed by atoms with Crippen molar-refractivity contribution in [3.63, 3.8) is 0 Å². The Bertz CT molecular complexity index is 1210. The second-order valence-electron chi connectivity index (χ2n) is 7.45. The molecule has 2 atom stereocenters. The topological polar surface area (TPSA) is 128 Å². The lowest BCUT2D eigenvalue weighted by molar-refractivity contribution is 0.0986. The molecule has 2 aliphatic heterocycles. The minimum atomic E-state index is -3.96. The van der Waals surface area contributed by atoms with Crippen LogP contribution in [0.3, 0.4) is 0 Å². The normalized spacial score (nSPS) is 24.3. The van der Waals surface area contributed by atoms with Crippen LogP contribution in [0.1, 0.15) is 33.7 Å². The molecule has 3 heterocycles. The van der Waals surface area contributed by atoms with Crippen molar-refractivity contribution in [1.29, 1.82) is 0 Å². The zero-order valence-electron chi connectivity index (χ0n) is 16.7. The van der Waals surface area contributed by atoms with Crippen molar-refractivity contribution in [2.75, 3.05) is 20.3 Å². The summed E-state index contributed by atoms with van der Waals surface area (Å²) in [7, 11) is -2.71. The van der Waals surface area contributed by atoms with Gasteiger partial charge in [-0.25, -0.2) is 35.9 Å². The maximum absolute atomic E-state index is 14.9. The fraction of sp³-hybridized carbons (Fsp3) is 0.368. The molecule has 0 unspecified atom stereocenters. The molecule has 2 N–H and O–H groups in total. The van der Waals surface area contributed by atoms with Gasteiger partial charge in [0.2, 0.25) is 16.0 Å². The van der Waals surface area contributed by atoms with Crippen molar-refractivity contribution in [2.45, 2.75) is 23.6 Å². The molecule has 0 aliphatic carbocycles. The molecular formula is C19H18F3N5O4S. The highest BCUT2D eigenvalue weighted by atomic mass is 32.2. The third-order valence-electron chi connectivity index (χ3n) is 5.54. The number of rotatable bonds is 5. The number of fused-ring (bicyclic) bond motifs is 1. The van der Waals surface area contributed by atoms with Crippen LogP contribution in [-0.2, 0) is 26.7 Å². The average molecular weight is 469 g/mol. The van der Waals surface area contributed by atoms with E-state index in [4.69, 9.17) is 10.5 Å². The highest BCUT2D eigenvalue weighted by molar-refractivity contribution is 7.90. The molecule has 13 heteroatoms. The van der Waals surface area contributed by atoms with Gasteiger partial charge in [0.1, 0.15) is 28.0 Å². The molecule has 0 saturated carbocycles. The van der Waals surface area contributed by atoms with Crippen molar-refractivity contribution in [3.05, 3.63) is 58.9 Å². The van der Waals surface area contributed by atoms with Crippen LogP contribution in [0.4, 0.5) is 13.2 Å². The van der Waals surface area contributed by atoms with E-state index in [1.54, 1.807) is 0 Å². The van der Waals surface area contributed by atoms with Gasteiger partial charge in [0.15, 0.2) is 5.78 Å². The number of Topliss-reactive ketones (excluding diaryl/α,β-unsaturated/α-hetero) is 1. The molecule has 2 aliphatic rings. The number of hydrogen-bond acceptors (Lipinski definition) is 8. The fourth-order valence-corrected chi connectivity index (χ4v) is 5.47. The molecule has 1 fully saturated rings. The standard InChI is InChI=1S/C19H18F3N5O4S/c1-27-18(23)26-19(9-31-8-16(19)32(27,29)30)11-4-10(2-3-12(11)20)5-15(28)13-6-25-14(7-24-13)17(21)22/h2-4,6-7,16-17H,5,8-9H2,1H3,(H2,23,26)/t16-,19-/m0/s1. The van der Waals surface area contributed by atoms with Crippen molar-refractivity contribution >= 4 is 21.8 Å². The molecule has 0 bridgehead atoms. The van der Waals surface area contributed by atoms with Crippen LogP contribution in [0, 0.1) is 5.82 Å². The van der Waals surface area contributed by atoms with Gasteiger partial charge in [-0.2, -0.15) is 0 Å². The lowest BCUT2D eigenvalue weighted by Crippen LogP contribution is -2.57. The van der Waals surface area contributed by atoms with Crippen LogP contribution in [-0.4, -0.2) is 59.9 Å². The summed E-state index contributed by atoms with van der Waals surface area (Å²) in [6.45, 7) is -0.404. The number of alkyl halides is 2. The molecule has 0 spiro atoms. The van der Waals surface area contributed by atoms with E-state index in [2.05, 4.69) is 15.0 Å². The van der Waals surface area contributed by atoms with Crippen LogP contribution in [0.5, 0.6) is 0 Å². The van der Waals surface area contributed by atoms with E-state index >= 15 is 0 Å². The van der Waals surface area contributed by atoms with E-state index in [0.717, 1.165) is 22.8 Å². The van der Waals surface area contributed by atoms with Crippen molar-refractivity contribution in [2.24, 2.45) is 10.7 Å². The first kappa shape index (κ1) is 22.1. The van der Waals surface area contributed by atoms with Gasteiger partial charge in [0.05, 0.1) is 25.6 Å². The Morgan fingerprint density at radius 1 is 1.34 bits per heavy atom. The van der Waals surface area contributed by atoms with Gasteiger partial charge in [-0.05, 0) is 17.7 Å². The zero-order valence-corrected chi connectivity index (χ0v) is 17.5. The van der Waals surface area contributed by atoms with Gasteiger partial charge >= 0.3 is 0 Å². The minimum Gasteiger partial charge on any atom is -0.377 e. The Balaban J connectivity index is 1.70. The summed E-state index contributed by atoms with van der Waals surface area (Å²) < 4.78 is 72.1. The number of carbonyl (C=O) groups is 1. The van der Waals surface area contributed by atoms with Crippen LogP contribution < -0.4 is 5.73 Å². The van der Waals surface area contributed by atoms with Crippen molar-refractivity contribution in [1.82, 2.24) is 14.3 Å².